The Hall–Kier alpha value is -1.23. The summed E-state index contributed by atoms with van der Waals surface area (Å²) >= 11 is 0. The third-order valence-corrected chi connectivity index (χ3v) is 5.52. The van der Waals surface area contributed by atoms with Crippen LogP contribution in [-0.2, 0) is 19.1 Å². The fourth-order valence-electron chi connectivity index (χ4n) is 3.90. The molecule has 5 heteroatoms. The van der Waals surface area contributed by atoms with Crippen LogP contribution in [0.2, 0.25) is 0 Å². The van der Waals surface area contributed by atoms with Crippen LogP contribution in [0.4, 0.5) is 0 Å². The maximum Gasteiger partial charge on any atom is 0.305 e. The number of methoxy groups -OCH3 is 1. The average molecular weight is 369 g/mol. The van der Waals surface area contributed by atoms with Gasteiger partial charge in [0.1, 0.15) is 11.6 Å². The van der Waals surface area contributed by atoms with Crippen LogP contribution >= 0.6 is 0 Å². The monoisotopic (exact) mass is 368 g/mol. The van der Waals surface area contributed by atoms with Gasteiger partial charge in [0.25, 0.3) is 0 Å². The average Bonchev–Trinajstić information content (AvgIpc) is 2.89. The summed E-state index contributed by atoms with van der Waals surface area (Å²) < 4.78 is 4.62. The first-order chi connectivity index (χ1) is 12.5. The number of ether oxygens (including phenoxy) is 1. The molecule has 1 fully saturated rings. The number of esters is 1. The van der Waals surface area contributed by atoms with Crippen LogP contribution in [0.3, 0.4) is 0 Å². The van der Waals surface area contributed by atoms with Gasteiger partial charge in [0.15, 0.2) is 0 Å². The van der Waals surface area contributed by atoms with E-state index < -0.39 is 6.10 Å². The fraction of sp³-hybridized carbons (Fsp3) is 0.857. The Labute approximate surface area is 157 Å². The summed E-state index contributed by atoms with van der Waals surface area (Å²) in [6.45, 7) is 2.12. The van der Waals surface area contributed by atoms with Gasteiger partial charge in [-0.15, -0.1) is 0 Å². The van der Waals surface area contributed by atoms with Gasteiger partial charge in [-0.25, -0.2) is 0 Å². The Morgan fingerprint density at radius 3 is 2.38 bits per heavy atom. The highest BCUT2D eigenvalue weighted by Crippen LogP contribution is 2.36. The van der Waals surface area contributed by atoms with Crippen LogP contribution in [0, 0.1) is 11.8 Å². The number of unbranched alkanes of at least 4 members (excludes halogenated alkanes) is 5. The second-order valence-corrected chi connectivity index (χ2v) is 7.57. The molecular formula is C21H36O5. The molecule has 1 rings (SSSR count). The molecule has 0 aromatic heterocycles. The zero-order valence-corrected chi connectivity index (χ0v) is 16.5. The van der Waals surface area contributed by atoms with E-state index in [2.05, 4.69) is 11.7 Å². The molecule has 1 aliphatic carbocycles. The molecule has 1 saturated carbocycles. The fourth-order valence-corrected chi connectivity index (χ4v) is 3.90. The Balaban J connectivity index is 2.29. The van der Waals surface area contributed by atoms with Crippen molar-refractivity contribution in [3.05, 3.63) is 0 Å². The number of hydrogen-bond acceptors (Lipinski definition) is 5. The van der Waals surface area contributed by atoms with Crippen LogP contribution in [-0.4, -0.2) is 35.9 Å². The highest BCUT2D eigenvalue weighted by molar-refractivity contribution is 5.84. The summed E-state index contributed by atoms with van der Waals surface area (Å²) in [4.78, 5) is 35.2. The number of ketones is 2. The lowest BCUT2D eigenvalue weighted by Gasteiger charge is -2.20. The van der Waals surface area contributed by atoms with Crippen LogP contribution in [0.15, 0.2) is 0 Å². The van der Waals surface area contributed by atoms with Gasteiger partial charge in [-0.1, -0.05) is 39.0 Å². The van der Waals surface area contributed by atoms with Gasteiger partial charge in [-0.3, -0.25) is 14.4 Å². The first kappa shape index (κ1) is 22.8. The predicted octanol–water partition coefficient (Wildman–Crippen LogP) is 4.00. The van der Waals surface area contributed by atoms with Gasteiger partial charge in [0.2, 0.25) is 0 Å². The van der Waals surface area contributed by atoms with Gasteiger partial charge in [-0.05, 0) is 31.6 Å². The second kappa shape index (κ2) is 13.0. The molecule has 26 heavy (non-hydrogen) atoms. The zero-order chi connectivity index (χ0) is 19.4. The van der Waals surface area contributed by atoms with E-state index in [1.807, 2.05) is 0 Å². The quantitative estimate of drug-likeness (QED) is 0.370. The molecule has 0 aliphatic heterocycles. The maximum atomic E-state index is 12.2. The van der Waals surface area contributed by atoms with Crippen molar-refractivity contribution in [1.82, 2.24) is 0 Å². The predicted molar refractivity (Wildman–Crippen MR) is 101 cm³/mol. The summed E-state index contributed by atoms with van der Waals surface area (Å²) in [5.41, 5.74) is 0. The van der Waals surface area contributed by atoms with Crippen LogP contribution in [0.25, 0.3) is 0 Å². The lowest BCUT2D eigenvalue weighted by atomic mass is 9.85. The van der Waals surface area contributed by atoms with Gasteiger partial charge in [0, 0.05) is 31.6 Å². The summed E-state index contributed by atoms with van der Waals surface area (Å²) in [5, 5.41) is 10.2. The van der Waals surface area contributed by atoms with Crippen molar-refractivity contribution in [2.45, 2.75) is 96.5 Å². The van der Waals surface area contributed by atoms with Crippen LogP contribution in [0.5, 0.6) is 0 Å². The molecule has 0 aromatic rings. The molecular weight excluding hydrogens is 332 g/mol. The Bertz CT molecular complexity index is 446. The van der Waals surface area contributed by atoms with Gasteiger partial charge in [0.05, 0.1) is 13.2 Å². The van der Waals surface area contributed by atoms with Crippen molar-refractivity contribution >= 4 is 17.5 Å². The first-order valence-corrected chi connectivity index (χ1v) is 10.3. The molecule has 0 amide bonds. The number of aliphatic hydroxyl groups is 1. The summed E-state index contributed by atoms with van der Waals surface area (Å²) in [6, 6.07) is 0. The number of aliphatic hydroxyl groups excluding tert-OH is 1. The molecule has 0 saturated heterocycles. The Morgan fingerprint density at radius 2 is 1.69 bits per heavy atom. The molecule has 0 aromatic carbocycles. The van der Waals surface area contributed by atoms with E-state index >= 15 is 0 Å². The first-order valence-electron chi connectivity index (χ1n) is 10.3. The third kappa shape index (κ3) is 8.43. The summed E-state index contributed by atoms with van der Waals surface area (Å²) in [6.07, 6.45) is 9.37. The van der Waals surface area contributed by atoms with Gasteiger partial charge >= 0.3 is 5.97 Å². The second-order valence-electron chi connectivity index (χ2n) is 7.57. The lowest BCUT2D eigenvalue weighted by Crippen LogP contribution is -2.21. The van der Waals surface area contributed by atoms with E-state index in [-0.39, 0.29) is 35.8 Å². The molecule has 0 spiro atoms. The summed E-state index contributed by atoms with van der Waals surface area (Å²) in [5.74, 6) is 0.0616. The number of rotatable bonds is 14. The largest absolute Gasteiger partial charge is 0.469 e. The molecule has 0 radical (unpaired) electrons. The number of Topliss-reactive ketones (excluding diaryl/α,β-unsaturated/α-hetero) is 2. The summed E-state index contributed by atoms with van der Waals surface area (Å²) in [7, 11) is 1.40. The number of carbonyl (C=O) groups is 3. The van der Waals surface area contributed by atoms with E-state index in [9.17, 15) is 19.5 Å². The molecule has 0 bridgehead atoms. The van der Waals surface area contributed by atoms with Crippen LogP contribution < -0.4 is 0 Å². The lowest BCUT2D eigenvalue weighted by molar-refractivity contribution is -0.140. The Kier molecular flexibility index (Phi) is 11.4. The highest BCUT2D eigenvalue weighted by atomic mass is 16.5. The van der Waals surface area contributed by atoms with Crippen molar-refractivity contribution in [1.29, 1.82) is 0 Å². The third-order valence-electron chi connectivity index (χ3n) is 5.52. The van der Waals surface area contributed by atoms with Crippen molar-refractivity contribution in [2.75, 3.05) is 7.11 Å². The minimum atomic E-state index is -0.588. The van der Waals surface area contributed by atoms with Crippen molar-refractivity contribution < 1.29 is 24.2 Å². The highest BCUT2D eigenvalue weighted by Gasteiger charge is 2.40. The minimum Gasteiger partial charge on any atom is -0.469 e. The zero-order valence-electron chi connectivity index (χ0n) is 16.5. The van der Waals surface area contributed by atoms with E-state index in [1.165, 1.54) is 7.11 Å². The smallest absolute Gasteiger partial charge is 0.305 e. The normalized spacial score (nSPS) is 22.6. The number of hydrogen-bond donors (Lipinski definition) is 1. The van der Waals surface area contributed by atoms with E-state index in [4.69, 9.17) is 0 Å². The molecule has 1 aliphatic rings. The molecule has 1 N–H and O–H groups in total. The van der Waals surface area contributed by atoms with Crippen LogP contribution in [0.1, 0.15) is 90.4 Å². The van der Waals surface area contributed by atoms with Crippen molar-refractivity contribution in [3.8, 4) is 0 Å². The standard InChI is InChI=1S/C21H36O5/c1-3-4-7-10-16(22)13-14-18-17(19(23)15-20(18)24)11-8-5-6-9-12-21(25)26-2/h17-18,20,24H,3-15H2,1-2H3/t17-,18-,20-/m1/s1. The van der Waals surface area contributed by atoms with Crippen molar-refractivity contribution in [3.63, 3.8) is 0 Å². The SMILES string of the molecule is CCCCCC(=O)CC[C@H]1[C@H](O)CC(=O)[C@@H]1CCCCCCC(=O)OC. The molecule has 0 unspecified atom stereocenters. The molecule has 150 valence electrons. The Morgan fingerprint density at radius 1 is 1.00 bits per heavy atom. The maximum absolute atomic E-state index is 12.2. The molecule has 3 atom stereocenters. The van der Waals surface area contributed by atoms with E-state index in [0.717, 1.165) is 51.4 Å². The molecule has 5 nitrogen and oxygen atoms in total. The van der Waals surface area contributed by atoms with Gasteiger partial charge < -0.3 is 9.84 Å². The van der Waals surface area contributed by atoms with Crippen molar-refractivity contribution in [2.24, 2.45) is 11.8 Å². The van der Waals surface area contributed by atoms with Gasteiger partial charge in [-0.2, -0.15) is 0 Å². The topological polar surface area (TPSA) is 80.7 Å². The van der Waals surface area contributed by atoms with E-state index in [1.54, 1.807) is 0 Å². The molecule has 0 heterocycles. The minimum absolute atomic E-state index is 0.0623. The van der Waals surface area contributed by atoms with E-state index in [0.29, 0.717) is 25.7 Å². The number of carbonyl (C=O) groups excluding carboxylic acids is 3.